The Labute approximate surface area is 330 Å². The van der Waals surface area contributed by atoms with Crippen LogP contribution in [0.3, 0.4) is 0 Å². The molecule has 0 unspecified atom stereocenters. The third-order valence-corrected chi connectivity index (χ3v) is 14.2. The Balaban J connectivity index is 0.000000206. The smallest absolute Gasteiger partial charge is 0 e. The van der Waals surface area contributed by atoms with Gasteiger partial charge in [-0.05, 0) is 40.5 Å². The Kier molecular flexibility index (Phi) is 11.0. The van der Waals surface area contributed by atoms with Gasteiger partial charge in [0.1, 0.15) is 5.58 Å². The van der Waals surface area contributed by atoms with Gasteiger partial charge in [-0.15, -0.1) is 6.07 Å². The summed E-state index contributed by atoms with van der Waals surface area (Å²) in [7, 11) is 8.41. The van der Waals surface area contributed by atoms with E-state index in [1.54, 1.807) is 0 Å². The average molecular weight is 930 g/mol. The third kappa shape index (κ3) is 7.68. The van der Waals surface area contributed by atoms with E-state index in [9.17, 15) is 0 Å². The number of hydrogen-bond acceptors (Lipinski definition) is 1. The van der Waals surface area contributed by atoms with Gasteiger partial charge in [0.2, 0.25) is 0 Å². The fourth-order valence-electron chi connectivity index (χ4n) is 7.01. The number of nitrogens with zero attached hydrogens (tertiary/aromatic N) is 2. The summed E-state index contributed by atoms with van der Waals surface area (Å²) >= 11 is -1.83. The van der Waals surface area contributed by atoms with Crippen LogP contribution < -0.4 is 13.5 Å². The van der Waals surface area contributed by atoms with Gasteiger partial charge in [0, 0.05) is 37.9 Å². The summed E-state index contributed by atoms with van der Waals surface area (Å²) in [4.78, 5) is 0. The molecular formula is C48H44GeIrN2O-2. The minimum atomic E-state index is -1.83. The molecule has 8 aromatic rings. The van der Waals surface area contributed by atoms with Crippen LogP contribution in [0.4, 0.5) is 0 Å². The summed E-state index contributed by atoms with van der Waals surface area (Å²) < 4.78 is 11.9. The van der Waals surface area contributed by atoms with Gasteiger partial charge in [-0.1, -0.05) is 78.4 Å². The molecule has 3 heterocycles. The van der Waals surface area contributed by atoms with E-state index in [1.165, 1.54) is 15.5 Å². The van der Waals surface area contributed by atoms with E-state index in [4.69, 9.17) is 4.42 Å². The molecule has 0 atom stereocenters. The fraction of sp³-hybridized carbons (Fsp3) is 0.0833. The average Bonchev–Trinajstić information content (AvgIpc) is 3.51. The zero-order chi connectivity index (χ0) is 36.6. The van der Waals surface area contributed by atoms with Crippen molar-refractivity contribution >= 4 is 39.6 Å². The van der Waals surface area contributed by atoms with Gasteiger partial charge >= 0.3 is 119 Å². The second-order valence-corrected chi connectivity index (χ2v) is 25.0. The van der Waals surface area contributed by atoms with Crippen molar-refractivity contribution in [3.05, 3.63) is 190 Å². The molecule has 0 aliphatic heterocycles. The molecule has 3 aromatic heterocycles. The number of pyridine rings is 2. The van der Waals surface area contributed by atoms with E-state index in [0.29, 0.717) is 0 Å². The molecule has 3 nitrogen and oxygen atoms in total. The maximum atomic E-state index is 6.50. The van der Waals surface area contributed by atoms with Crippen LogP contribution >= 0.6 is 0 Å². The van der Waals surface area contributed by atoms with Gasteiger partial charge in [-0.25, -0.2) is 0 Å². The van der Waals surface area contributed by atoms with Crippen molar-refractivity contribution < 1.29 is 33.7 Å². The largest absolute Gasteiger partial charge is 0 e. The van der Waals surface area contributed by atoms with Gasteiger partial charge < -0.3 is 8.98 Å². The van der Waals surface area contributed by atoms with Crippen LogP contribution in [0.1, 0.15) is 16.7 Å². The molecule has 0 fully saturated rings. The molecule has 0 spiro atoms. The molecule has 0 aliphatic rings. The van der Waals surface area contributed by atoms with Crippen molar-refractivity contribution in [1.82, 2.24) is 0 Å². The van der Waals surface area contributed by atoms with Crippen molar-refractivity contribution in [1.29, 1.82) is 0 Å². The zero-order valence-electron chi connectivity index (χ0n) is 30.8. The molecule has 5 heteroatoms. The number of benzene rings is 5. The quantitative estimate of drug-likeness (QED) is 0.0957. The second kappa shape index (κ2) is 15.5. The van der Waals surface area contributed by atoms with Gasteiger partial charge in [0.25, 0.3) is 0 Å². The molecule has 0 N–H and O–H groups in total. The predicted molar refractivity (Wildman–Crippen MR) is 220 cm³/mol. The standard InChI is InChI=1S/C31H22NO.C17H22GeN.Ir/c1-21-13-15-27-26-16-14-24(22-9-5-3-6-10-22)20-29(26)33-31(27)30(21)28-19-25(17-18-32(28)2)23-11-7-4-8-12-23;1-13-9-7-8-10-15(13)17-11-14(2)16(12-19(17)6)18(3,4)5;/h3-20H,1-2H2;7-12H,1,6H2,2-5H3;/q2*-1;. The van der Waals surface area contributed by atoms with Crippen molar-refractivity contribution in [3.63, 3.8) is 0 Å². The molecule has 8 rings (SSSR count). The monoisotopic (exact) mass is 931 g/mol. The van der Waals surface area contributed by atoms with Crippen LogP contribution in [0, 0.1) is 34.9 Å². The molecule has 1 radical (unpaired) electrons. The van der Waals surface area contributed by atoms with E-state index >= 15 is 0 Å². The van der Waals surface area contributed by atoms with E-state index in [2.05, 4.69) is 168 Å². The van der Waals surface area contributed by atoms with Crippen molar-refractivity contribution in [2.45, 2.75) is 24.2 Å². The molecular weight excluding hydrogens is 885 g/mol. The number of hydrogen-bond donors (Lipinski definition) is 0. The van der Waals surface area contributed by atoms with E-state index in [0.717, 1.165) is 72.3 Å². The van der Waals surface area contributed by atoms with Crippen molar-refractivity contribution in [2.75, 3.05) is 0 Å². The number of furan rings is 1. The first kappa shape index (κ1) is 37.6. The molecule has 267 valence electrons. The Bertz CT molecular complexity index is 2550. The minimum absolute atomic E-state index is 0. The molecule has 5 aromatic carbocycles. The number of fused-ring (bicyclic) bond motifs is 3. The molecule has 53 heavy (non-hydrogen) atoms. The van der Waals surface area contributed by atoms with Gasteiger partial charge in [0.15, 0.2) is 0 Å². The fourth-order valence-corrected chi connectivity index (χ4v) is 10.8. The van der Waals surface area contributed by atoms with Crippen LogP contribution in [0.15, 0.2) is 150 Å². The normalized spacial score (nSPS) is 11.2. The van der Waals surface area contributed by atoms with Gasteiger partial charge in [0.05, 0.1) is 17.5 Å². The summed E-state index contributed by atoms with van der Waals surface area (Å²) in [6.07, 6.45) is 4.21. The molecule has 0 saturated carbocycles. The minimum Gasteiger partial charge on any atom is 0 e. The molecule has 0 saturated heterocycles. The first-order valence-electron chi connectivity index (χ1n) is 17.6. The summed E-state index contributed by atoms with van der Waals surface area (Å²) in [5.41, 5.74) is 13.9. The first-order valence-corrected chi connectivity index (χ1v) is 24.9. The van der Waals surface area contributed by atoms with Crippen LogP contribution in [-0.4, -0.2) is 13.3 Å². The maximum absolute atomic E-state index is 6.50. The van der Waals surface area contributed by atoms with Crippen LogP contribution in [0.5, 0.6) is 0 Å². The molecule has 0 amide bonds. The van der Waals surface area contributed by atoms with E-state index < -0.39 is 13.3 Å². The van der Waals surface area contributed by atoms with Crippen LogP contribution in [0.25, 0.3) is 66.7 Å². The second-order valence-electron chi connectivity index (χ2n) is 14.4. The number of aromatic nitrogens is 2. The third-order valence-electron chi connectivity index (χ3n) is 9.71. The Morgan fingerprint density at radius 2 is 1.17 bits per heavy atom. The SMILES string of the molecule is [CH2-]c1ccc2c(oc3cc(-c4ccccc4)ccc32)c1-c1cc(-c2ccccc2)cc[n+]1[CH2-].[CH2-]c1ccccc1-c1cc(C)[c]([Ge]([CH3])([CH3])[CH3])c[n+]1[CH2-].[Ir]. The van der Waals surface area contributed by atoms with Crippen LogP contribution in [-0.2, 0) is 20.1 Å². The number of aryl methyl sites for hydroxylation is 1. The first-order chi connectivity index (χ1) is 25.0. The summed E-state index contributed by atoms with van der Waals surface area (Å²) in [6.45, 7) is 10.6. The topological polar surface area (TPSA) is 20.9 Å². The van der Waals surface area contributed by atoms with Crippen LogP contribution in [0.2, 0.25) is 17.3 Å². The summed E-state index contributed by atoms with van der Waals surface area (Å²) in [5, 5.41) is 2.18. The number of rotatable bonds is 5. The Morgan fingerprint density at radius 1 is 0.566 bits per heavy atom. The van der Waals surface area contributed by atoms with E-state index in [1.807, 2.05) is 39.6 Å². The zero-order valence-corrected chi connectivity index (χ0v) is 35.3. The summed E-state index contributed by atoms with van der Waals surface area (Å²) in [5.74, 6) is 7.24. The molecule has 0 bridgehead atoms. The maximum Gasteiger partial charge on any atom is 0 e. The van der Waals surface area contributed by atoms with Crippen molar-refractivity contribution in [3.8, 4) is 44.8 Å². The van der Waals surface area contributed by atoms with Gasteiger partial charge in [-0.3, -0.25) is 0 Å². The van der Waals surface area contributed by atoms with E-state index in [-0.39, 0.29) is 20.1 Å². The Hall–Kier alpha value is -5.13. The van der Waals surface area contributed by atoms with Crippen molar-refractivity contribution in [2.24, 2.45) is 0 Å². The Morgan fingerprint density at radius 3 is 1.81 bits per heavy atom. The summed E-state index contributed by atoms with van der Waals surface area (Å²) in [6, 6.07) is 46.0. The van der Waals surface area contributed by atoms with Gasteiger partial charge in [-0.2, -0.15) is 18.6 Å². The molecule has 0 aliphatic carbocycles. The predicted octanol–water partition coefficient (Wildman–Crippen LogP) is 11.0.